The minimum Gasteiger partial charge on any atom is -0.313 e. The fraction of sp³-hybridized carbons (Fsp3) is 0.733. The smallest absolute Gasteiger partial charge is 0.0314 e. The summed E-state index contributed by atoms with van der Waals surface area (Å²) in [5.41, 5.74) is 3.36. The van der Waals surface area contributed by atoms with E-state index in [0.717, 1.165) is 0 Å². The first kappa shape index (κ1) is 11.9. The molecule has 90 valence electrons. The lowest BCUT2D eigenvalue weighted by molar-refractivity contribution is 0.549. The van der Waals surface area contributed by atoms with E-state index in [9.17, 15) is 0 Å². The summed E-state index contributed by atoms with van der Waals surface area (Å²) in [5, 5.41) is 3.51. The summed E-state index contributed by atoms with van der Waals surface area (Å²) in [5.74, 6) is 0. The number of hydrogen-bond donors (Lipinski definition) is 1. The van der Waals surface area contributed by atoms with Crippen LogP contribution in [0.3, 0.4) is 0 Å². The Balaban J connectivity index is 1.93. The molecule has 0 heterocycles. The van der Waals surface area contributed by atoms with Gasteiger partial charge in [-0.1, -0.05) is 23.3 Å². The second-order valence-corrected chi connectivity index (χ2v) is 5.18. The van der Waals surface area contributed by atoms with Crippen molar-refractivity contribution in [1.29, 1.82) is 0 Å². The molecule has 0 aliphatic heterocycles. The van der Waals surface area contributed by atoms with Crippen molar-refractivity contribution in [3.63, 3.8) is 0 Å². The molecular formula is C15H25N. The van der Waals surface area contributed by atoms with Crippen LogP contribution in [0.25, 0.3) is 0 Å². The normalized spacial score (nSPS) is 23.6. The first-order valence-corrected chi connectivity index (χ1v) is 6.94. The van der Waals surface area contributed by atoms with Gasteiger partial charge in [-0.05, 0) is 64.8 Å². The van der Waals surface area contributed by atoms with Crippen LogP contribution in [0.1, 0.15) is 57.8 Å². The van der Waals surface area contributed by atoms with Crippen LogP contribution in [0.5, 0.6) is 0 Å². The SMILES string of the molecule is CNC(CC1=CCCCC1)C1=CCCCC1. The van der Waals surface area contributed by atoms with Crippen LogP contribution >= 0.6 is 0 Å². The second kappa shape index (κ2) is 6.24. The van der Waals surface area contributed by atoms with Gasteiger partial charge in [0.1, 0.15) is 0 Å². The maximum Gasteiger partial charge on any atom is 0.0314 e. The van der Waals surface area contributed by atoms with Crippen LogP contribution in [0.2, 0.25) is 0 Å². The Labute approximate surface area is 100 Å². The Morgan fingerprint density at radius 1 is 1.06 bits per heavy atom. The predicted molar refractivity (Wildman–Crippen MR) is 70.6 cm³/mol. The highest BCUT2D eigenvalue weighted by molar-refractivity contribution is 5.18. The third-order valence-corrected chi connectivity index (χ3v) is 3.97. The topological polar surface area (TPSA) is 12.0 Å². The second-order valence-electron chi connectivity index (χ2n) is 5.18. The number of nitrogens with one attached hydrogen (secondary N) is 1. The van der Waals surface area contributed by atoms with Crippen LogP contribution in [0.15, 0.2) is 23.3 Å². The molecule has 0 bridgehead atoms. The van der Waals surface area contributed by atoms with Gasteiger partial charge in [0, 0.05) is 6.04 Å². The van der Waals surface area contributed by atoms with Gasteiger partial charge in [0.2, 0.25) is 0 Å². The Kier molecular flexibility index (Phi) is 4.65. The van der Waals surface area contributed by atoms with E-state index in [1.54, 1.807) is 11.1 Å². The zero-order valence-corrected chi connectivity index (χ0v) is 10.6. The molecule has 0 saturated heterocycles. The molecule has 2 rings (SSSR count). The van der Waals surface area contributed by atoms with E-state index < -0.39 is 0 Å². The summed E-state index contributed by atoms with van der Waals surface area (Å²) in [6, 6.07) is 0.615. The molecule has 2 aliphatic rings. The van der Waals surface area contributed by atoms with Gasteiger partial charge in [-0.25, -0.2) is 0 Å². The Hall–Kier alpha value is -0.560. The molecule has 0 spiro atoms. The van der Waals surface area contributed by atoms with Gasteiger partial charge < -0.3 is 5.32 Å². The third-order valence-electron chi connectivity index (χ3n) is 3.97. The molecule has 0 saturated carbocycles. The maximum absolute atomic E-state index is 3.51. The van der Waals surface area contributed by atoms with Gasteiger partial charge in [0.15, 0.2) is 0 Å². The van der Waals surface area contributed by atoms with Crippen molar-refractivity contribution in [2.45, 2.75) is 63.8 Å². The van der Waals surface area contributed by atoms with Gasteiger partial charge in [-0.3, -0.25) is 0 Å². The molecule has 1 heteroatoms. The predicted octanol–water partition coefficient (Wildman–Crippen LogP) is 3.97. The minimum absolute atomic E-state index is 0.615. The van der Waals surface area contributed by atoms with Crippen LogP contribution in [-0.4, -0.2) is 13.1 Å². The van der Waals surface area contributed by atoms with E-state index in [-0.39, 0.29) is 0 Å². The van der Waals surface area contributed by atoms with E-state index in [0.29, 0.717) is 6.04 Å². The lowest BCUT2D eigenvalue weighted by atomic mass is 9.87. The zero-order chi connectivity index (χ0) is 11.2. The third kappa shape index (κ3) is 3.21. The van der Waals surface area contributed by atoms with Crippen LogP contribution in [0, 0.1) is 0 Å². The van der Waals surface area contributed by atoms with Gasteiger partial charge in [0.05, 0.1) is 0 Å². The largest absolute Gasteiger partial charge is 0.313 e. The standard InChI is InChI=1S/C15H25N/c1-16-15(14-10-6-3-7-11-14)12-13-8-4-2-5-9-13/h8,10,15-16H,2-7,9,11-12H2,1H3. The molecule has 1 nitrogen and oxygen atoms in total. The Morgan fingerprint density at radius 3 is 2.38 bits per heavy atom. The zero-order valence-electron chi connectivity index (χ0n) is 10.6. The molecule has 0 radical (unpaired) electrons. The lowest BCUT2D eigenvalue weighted by Gasteiger charge is -2.25. The van der Waals surface area contributed by atoms with Crippen LogP contribution in [0.4, 0.5) is 0 Å². The summed E-state index contributed by atoms with van der Waals surface area (Å²) in [6.07, 6.45) is 17.1. The van der Waals surface area contributed by atoms with Crippen molar-refractivity contribution < 1.29 is 0 Å². The van der Waals surface area contributed by atoms with Crippen molar-refractivity contribution in [3.05, 3.63) is 23.3 Å². The van der Waals surface area contributed by atoms with Crippen molar-refractivity contribution in [2.75, 3.05) is 7.05 Å². The quantitative estimate of drug-likeness (QED) is 0.706. The molecule has 0 aromatic rings. The molecule has 2 aliphatic carbocycles. The molecular weight excluding hydrogens is 194 g/mol. The van der Waals surface area contributed by atoms with Gasteiger partial charge in [0.25, 0.3) is 0 Å². The van der Waals surface area contributed by atoms with Gasteiger partial charge in [-0.2, -0.15) is 0 Å². The molecule has 1 N–H and O–H groups in total. The first-order valence-electron chi connectivity index (χ1n) is 6.94. The summed E-state index contributed by atoms with van der Waals surface area (Å²) in [4.78, 5) is 0. The van der Waals surface area contributed by atoms with Crippen molar-refractivity contribution in [3.8, 4) is 0 Å². The minimum atomic E-state index is 0.615. The molecule has 0 aromatic heterocycles. The van der Waals surface area contributed by atoms with E-state index in [2.05, 4.69) is 24.5 Å². The average molecular weight is 219 g/mol. The number of allylic oxidation sites excluding steroid dienone is 2. The lowest BCUT2D eigenvalue weighted by Crippen LogP contribution is -2.29. The maximum atomic E-state index is 3.51. The van der Waals surface area contributed by atoms with Gasteiger partial charge in [-0.15, -0.1) is 0 Å². The van der Waals surface area contributed by atoms with E-state index in [4.69, 9.17) is 0 Å². The summed E-state index contributed by atoms with van der Waals surface area (Å²) < 4.78 is 0. The van der Waals surface area contributed by atoms with E-state index in [1.807, 2.05) is 0 Å². The van der Waals surface area contributed by atoms with E-state index in [1.165, 1.54) is 57.8 Å². The Bertz CT molecular complexity index is 275. The fourth-order valence-electron chi connectivity index (χ4n) is 2.95. The number of likely N-dealkylation sites (N-methyl/N-ethyl adjacent to an activating group) is 1. The number of rotatable bonds is 4. The van der Waals surface area contributed by atoms with Gasteiger partial charge >= 0.3 is 0 Å². The molecule has 0 fully saturated rings. The monoisotopic (exact) mass is 219 g/mol. The molecule has 0 amide bonds. The molecule has 0 aromatic carbocycles. The summed E-state index contributed by atoms with van der Waals surface area (Å²) in [7, 11) is 2.11. The highest BCUT2D eigenvalue weighted by Gasteiger charge is 2.16. The molecule has 16 heavy (non-hydrogen) atoms. The summed E-state index contributed by atoms with van der Waals surface area (Å²) >= 11 is 0. The fourth-order valence-corrected chi connectivity index (χ4v) is 2.95. The Morgan fingerprint density at radius 2 is 1.81 bits per heavy atom. The molecule has 1 unspecified atom stereocenters. The van der Waals surface area contributed by atoms with Crippen LogP contribution in [-0.2, 0) is 0 Å². The van der Waals surface area contributed by atoms with Crippen molar-refractivity contribution in [2.24, 2.45) is 0 Å². The summed E-state index contributed by atoms with van der Waals surface area (Å²) in [6.45, 7) is 0. The first-order chi connectivity index (χ1) is 7.90. The van der Waals surface area contributed by atoms with Crippen molar-refractivity contribution in [1.82, 2.24) is 5.32 Å². The van der Waals surface area contributed by atoms with Crippen LogP contribution < -0.4 is 5.32 Å². The highest BCUT2D eigenvalue weighted by Crippen LogP contribution is 2.27. The average Bonchev–Trinajstić information content (AvgIpc) is 2.38. The number of hydrogen-bond acceptors (Lipinski definition) is 1. The molecule has 1 atom stereocenters. The highest BCUT2D eigenvalue weighted by atomic mass is 14.9. The van der Waals surface area contributed by atoms with Crippen molar-refractivity contribution >= 4 is 0 Å². The van der Waals surface area contributed by atoms with E-state index >= 15 is 0 Å².